The summed E-state index contributed by atoms with van der Waals surface area (Å²) < 4.78 is 5.61. The number of ether oxygens (including phenoxy) is 1. The van der Waals surface area contributed by atoms with Crippen LogP contribution in [0.5, 0.6) is 0 Å². The molecular formula is C16H28N4O. The van der Waals surface area contributed by atoms with Crippen LogP contribution in [0.4, 0.5) is 11.6 Å². The number of aromatic nitrogens is 2. The Kier molecular flexibility index (Phi) is 4.42. The van der Waals surface area contributed by atoms with Crippen LogP contribution in [0.1, 0.15) is 45.5 Å². The van der Waals surface area contributed by atoms with Crippen molar-refractivity contribution in [2.45, 2.75) is 52.6 Å². The third kappa shape index (κ3) is 3.28. The van der Waals surface area contributed by atoms with Gasteiger partial charge in [-0.25, -0.2) is 9.97 Å². The highest BCUT2D eigenvalue weighted by Gasteiger charge is 2.29. The molecule has 1 aromatic rings. The van der Waals surface area contributed by atoms with Gasteiger partial charge in [0.25, 0.3) is 0 Å². The largest absolute Gasteiger partial charge is 0.383 e. The predicted octanol–water partition coefficient (Wildman–Crippen LogP) is 2.53. The number of hydrogen-bond acceptors (Lipinski definition) is 5. The van der Waals surface area contributed by atoms with E-state index >= 15 is 0 Å². The van der Waals surface area contributed by atoms with Crippen molar-refractivity contribution in [1.82, 2.24) is 9.97 Å². The highest BCUT2D eigenvalue weighted by Crippen LogP contribution is 2.30. The van der Waals surface area contributed by atoms with E-state index in [2.05, 4.69) is 37.6 Å². The molecule has 1 aliphatic heterocycles. The van der Waals surface area contributed by atoms with E-state index in [1.54, 1.807) is 7.11 Å². The third-order valence-corrected chi connectivity index (χ3v) is 4.32. The molecule has 0 bridgehead atoms. The van der Waals surface area contributed by atoms with E-state index in [4.69, 9.17) is 15.5 Å². The van der Waals surface area contributed by atoms with Gasteiger partial charge in [0.15, 0.2) is 0 Å². The molecule has 2 heterocycles. The number of piperidine rings is 1. The molecule has 1 aliphatic rings. The number of nitrogens with zero attached hydrogens (tertiary/aromatic N) is 3. The average molecular weight is 292 g/mol. The van der Waals surface area contributed by atoms with Gasteiger partial charge >= 0.3 is 0 Å². The lowest BCUT2D eigenvalue weighted by atomic mass is 9.94. The van der Waals surface area contributed by atoms with E-state index < -0.39 is 0 Å². The lowest BCUT2D eigenvalue weighted by molar-refractivity contribution is 0.0496. The van der Waals surface area contributed by atoms with Crippen LogP contribution < -0.4 is 10.6 Å². The van der Waals surface area contributed by atoms with Gasteiger partial charge in [-0.3, -0.25) is 0 Å². The molecule has 0 spiro atoms. The van der Waals surface area contributed by atoms with Crippen LogP contribution in [-0.2, 0) is 10.2 Å². The Morgan fingerprint density at radius 1 is 1.29 bits per heavy atom. The number of rotatable bonds is 2. The van der Waals surface area contributed by atoms with Gasteiger partial charge in [0.1, 0.15) is 17.5 Å². The zero-order valence-corrected chi connectivity index (χ0v) is 14.1. The summed E-state index contributed by atoms with van der Waals surface area (Å²) in [5, 5.41) is 0. The zero-order valence-electron chi connectivity index (χ0n) is 14.1. The van der Waals surface area contributed by atoms with E-state index in [1.165, 1.54) is 0 Å². The summed E-state index contributed by atoms with van der Waals surface area (Å²) in [7, 11) is 1.78. The first-order valence-electron chi connectivity index (χ1n) is 7.66. The maximum atomic E-state index is 6.11. The summed E-state index contributed by atoms with van der Waals surface area (Å²) in [4.78, 5) is 11.6. The average Bonchev–Trinajstić information content (AvgIpc) is 2.41. The molecule has 2 rings (SSSR count). The van der Waals surface area contributed by atoms with Crippen molar-refractivity contribution in [3.05, 3.63) is 11.4 Å². The summed E-state index contributed by atoms with van der Waals surface area (Å²) in [6, 6.07) is 0. The van der Waals surface area contributed by atoms with E-state index in [0.717, 1.165) is 36.7 Å². The van der Waals surface area contributed by atoms with Crippen LogP contribution >= 0.6 is 0 Å². The van der Waals surface area contributed by atoms with Crippen molar-refractivity contribution in [2.24, 2.45) is 5.92 Å². The SMILES string of the molecule is COC1CN(c2nc(C(C)(C)C)nc(N)c2C)CCC1C. The first kappa shape index (κ1) is 16.0. The minimum atomic E-state index is -0.111. The summed E-state index contributed by atoms with van der Waals surface area (Å²) in [5.41, 5.74) is 6.96. The second-order valence-corrected chi connectivity index (χ2v) is 7.12. The number of nitrogens with two attached hydrogens (primary N) is 1. The van der Waals surface area contributed by atoms with Crippen LogP contribution in [0, 0.1) is 12.8 Å². The minimum Gasteiger partial charge on any atom is -0.383 e. The van der Waals surface area contributed by atoms with E-state index in [1.807, 2.05) is 6.92 Å². The summed E-state index contributed by atoms with van der Waals surface area (Å²) in [5.74, 6) is 2.92. The molecule has 0 radical (unpaired) electrons. The Hall–Kier alpha value is -1.36. The maximum Gasteiger partial charge on any atom is 0.138 e. The monoisotopic (exact) mass is 292 g/mol. The predicted molar refractivity (Wildman–Crippen MR) is 86.7 cm³/mol. The van der Waals surface area contributed by atoms with Crippen molar-refractivity contribution in [1.29, 1.82) is 0 Å². The summed E-state index contributed by atoms with van der Waals surface area (Å²) >= 11 is 0. The Morgan fingerprint density at radius 2 is 1.95 bits per heavy atom. The first-order valence-corrected chi connectivity index (χ1v) is 7.66. The van der Waals surface area contributed by atoms with Gasteiger partial charge in [0, 0.05) is 31.2 Å². The Morgan fingerprint density at radius 3 is 2.52 bits per heavy atom. The fourth-order valence-corrected chi connectivity index (χ4v) is 2.70. The standard InChI is InChI=1S/C16H28N4O/c1-10-7-8-20(9-12(10)21-6)14-11(2)13(17)18-15(19-14)16(3,4)5/h10,12H,7-9H2,1-6H3,(H2,17,18,19). The summed E-state index contributed by atoms with van der Waals surface area (Å²) in [6.45, 7) is 12.4. The van der Waals surface area contributed by atoms with Crippen LogP contribution in [0.2, 0.25) is 0 Å². The molecule has 5 heteroatoms. The van der Waals surface area contributed by atoms with Crippen LogP contribution in [0.15, 0.2) is 0 Å². The van der Waals surface area contributed by atoms with Gasteiger partial charge in [-0.05, 0) is 19.3 Å². The molecule has 1 aromatic heterocycles. The fraction of sp³-hybridized carbons (Fsp3) is 0.750. The van der Waals surface area contributed by atoms with Crippen molar-refractivity contribution in [3.63, 3.8) is 0 Å². The molecule has 0 aromatic carbocycles. The number of anilines is 2. The number of nitrogen functional groups attached to an aromatic ring is 1. The quantitative estimate of drug-likeness (QED) is 0.907. The lowest BCUT2D eigenvalue weighted by Crippen LogP contribution is -2.44. The van der Waals surface area contributed by atoms with Gasteiger partial charge in [0.05, 0.1) is 6.10 Å². The van der Waals surface area contributed by atoms with Crippen LogP contribution in [-0.4, -0.2) is 36.3 Å². The molecule has 0 amide bonds. The topological polar surface area (TPSA) is 64.3 Å². The van der Waals surface area contributed by atoms with Gasteiger partial charge in [-0.15, -0.1) is 0 Å². The van der Waals surface area contributed by atoms with Gasteiger partial charge < -0.3 is 15.4 Å². The number of methoxy groups -OCH3 is 1. The molecule has 0 saturated carbocycles. The molecular weight excluding hydrogens is 264 g/mol. The Bertz CT molecular complexity index is 510. The first-order chi connectivity index (χ1) is 9.74. The number of hydrogen-bond donors (Lipinski definition) is 1. The van der Waals surface area contributed by atoms with E-state index in [-0.39, 0.29) is 11.5 Å². The second-order valence-electron chi connectivity index (χ2n) is 7.12. The van der Waals surface area contributed by atoms with Gasteiger partial charge in [-0.1, -0.05) is 27.7 Å². The molecule has 0 aliphatic carbocycles. The normalized spacial score (nSPS) is 23.4. The van der Waals surface area contributed by atoms with Crippen molar-refractivity contribution in [2.75, 3.05) is 30.8 Å². The minimum absolute atomic E-state index is 0.111. The van der Waals surface area contributed by atoms with Crippen molar-refractivity contribution in [3.8, 4) is 0 Å². The van der Waals surface area contributed by atoms with Crippen molar-refractivity contribution >= 4 is 11.6 Å². The molecule has 21 heavy (non-hydrogen) atoms. The smallest absolute Gasteiger partial charge is 0.138 e. The highest BCUT2D eigenvalue weighted by atomic mass is 16.5. The highest BCUT2D eigenvalue weighted by molar-refractivity contribution is 5.57. The van der Waals surface area contributed by atoms with Crippen LogP contribution in [0.3, 0.4) is 0 Å². The molecule has 2 unspecified atom stereocenters. The second kappa shape index (κ2) is 5.79. The van der Waals surface area contributed by atoms with Gasteiger partial charge in [-0.2, -0.15) is 0 Å². The lowest BCUT2D eigenvalue weighted by Gasteiger charge is -2.38. The molecule has 1 fully saturated rings. The molecule has 118 valence electrons. The Labute approximate surface area is 127 Å². The molecule has 5 nitrogen and oxygen atoms in total. The third-order valence-electron chi connectivity index (χ3n) is 4.32. The zero-order chi connectivity index (χ0) is 15.8. The molecule has 2 N–H and O–H groups in total. The van der Waals surface area contributed by atoms with Crippen LogP contribution in [0.25, 0.3) is 0 Å². The summed E-state index contributed by atoms with van der Waals surface area (Å²) in [6.07, 6.45) is 1.35. The molecule has 1 saturated heterocycles. The van der Waals surface area contributed by atoms with E-state index in [9.17, 15) is 0 Å². The fourth-order valence-electron chi connectivity index (χ4n) is 2.70. The maximum absolute atomic E-state index is 6.11. The van der Waals surface area contributed by atoms with Gasteiger partial charge in [0.2, 0.25) is 0 Å². The van der Waals surface area contributed by atoms with Crippen molar-refractivity contribution < 1.29 is 4.74 Å². The van der Waals surface area contributed by atoms with E-state index in [0.29, 0.717) is 11.7 Å². The Balaban J connectivity index is 2.37. The molecule has 2 atom stereocenters.